The highest BCUT2D eigenvalue weighted by atomic mass is 35.5. The molecule has 21 heavy (non-hydrogen) atoms. The van der Waals surface area contributed by atoms with Gasteiger partial charge < -0.3 is 10.2 Å². The van der Waals surface area contributed by atoms with Gasteiger partial charge >= 0.3 is 0 Å². The summed E-state index contributed by atoms with van der Waals surface area (Å²) in [5.74, 6) is 0.827. The van der Waals surface area contributed by atoms with Crippen molar-refractivity contribution in [3.05, 3.63) is 34.9 Å². The molecule has 1 aromatic carbocycles. The highest BCUT2D eigenvalue weighted by Crippen LogP contribution is 2.13. The lowest BCUT2D eigenvalue weighted by Crippen LogP contribution is -2.35. The van der Waals surface area contributed by atoms with Crippen LogP contribution in [-0.4, -0.2) is 54.3 Å². The summed E-state index contributed by atoms with van der Waals surface area (Å²) in [4.78, 5) is 25.9. The summed E-state index contributed by atoms with van der Waals surface area (Å²) in [5.41, 5.74) is 0.637. The van der Waals surface area contributed by atoms with E-state index in [0.717, 1.165) is 32.6 Å². The van der Waals surface area contributed by atoms with Crippen molar-refractivity contribution in [2.75, 3.05) is 37.7 Å². The minimum atomic E-state index is 0.0296. The van der Waals surface area contributed by atoms with Gasteiger partial charge in [0.25, 0.3) is 0 Å². The van der Waals surface area contributed by atoms with Crippen molar-refractivity contribution in [3.63, 3.8) is 0 Å². The number of hydrogen-bond acceptors (Lipinski definition) is 4. The molecule has 0 spiro atoms. The Bertz CT molecular complexity index is 485. The number of nitrogens with one attached hydrogen (secondary N) is 1. The van der Waals surface area contributed by atoms with Crippen LogP contribution in [0.5, 0.6) is 0 Å². The molecule has 1 aromatic rings. The molecule has 0 aromatic heterocycles. The summed E-state index contributed by atoms with van der Waals surface area (Å²) in [6.07, 6.45) is 0.986. The number of rotatable bonds is 5. The standard InChI is InChI=1S/C15H19ClN2O2S/c16-13-4-2-12(3-5-13)14(19)10-21-11-15(20)18-8-1-6-17-7-9-18/h2-5,17H,1,6-11H2. The second-order valence-electron chi connectivity index (χ2n) is 4.91. The molecule has 1 saturated heterocycles. The largest absolute Gasteiger partial charge is 0.341 e. The van der Waals surface area contributed by atoms with Gasteiger partial charge in [-0.3, -0.25) is 9.59 Å². The number of carbonyl (C=O) groups is 2. The van der Waals surface area contributed by atoms with E-state index in [1.54, 1.807) is 24.3 Å². The van der Waals surface area contributed by atoms with E-state index in [2.05, 4.69) is 5.32 Å². The van der Waals surface area contributed by atoms with Crippen molar-refractivity contribution in [3.8, 4) is 0 Å². The maximum absolute atomic E-state index is 12.1. The van der Waals surface area contributed by atoms with Crippen molar-refractivity contribution >= 4 is 35.1 Å². The van der Waals surface area contributed by atoms with Crippen LogP contribution in [0.2, 0.25) is 5.02 Å². The molecule has 2 rings (SSSR count). The average molecular weight is 327 g/mol. The van der Waals surface area contributed by atoms with Crippen molar-refractivity contribution in [2.24, 2.45) is 0 Å². The molecule has 0 unspecified atom stereocenters. The molecule has 0 aliphatic carbocycles. The second kappa shape index (κ2) is 8.41. The predicted octanol–water partition coefficient (Wildman–Crippen LogP) is 2.08. The number of ketones is 1. The summed E-state index contributed by atoms with van der Waals surface area (Å²) in [6, 6.07) is 6.84. The van der Waals surface area contributed by atoms with Crippen LogP contribution in [0.3, 0.4) is 0 Å². The molecule has 1 heterocycles. The normalized spacial score (nSPS) is 15.6. The first-order valence-corrected chi connectivity index (χ1v) is 8.55. The molecule has 114 valence electrons. The maximum Gasteiger partial charge on any atom is 0.232 e. The van der Waals surface area contributed by atoms with E-state index in [-0.39, 0.29) is 11.7 Å². The molecule has 6 heteroatoms. The van der Waals surface area contributed by atoms with Crippen LogP contribution < -0.4 is 5.32 Å². The number of Topliss-reactive ketones (excluding diaryl/α,β-unsaturated/α-hetero) is 1. The lowest BCUT2D eigenvalue weighted by molar-refractivity contribution is -0.128. The zero-order valence-corrected chi connectivity index (χ0v) is 13.4. The number of halogens is 1. The van der Waals surface area contributed by atoms with Gasteiger partial charge in [0.05, 0.1) is 11.5 Å². The van der Waals surface area contributed by atoms with Gasteiger partial charge in [0.2, 0.25) is 5.91 Å². The molecule has 1 N–H and O–H groups in total. The first kappa shape index (κ1) is 16.3. The lowest BCUT2D eigenvalue weighted by atomic mass is 10.1. The van der Waals surface area contributed by atoms with Crippen LogP contribution in [0, 0.1) is 0 Å². The fraction of sp³-hybridized carbons (Fsp3) is 0.467. The van der Waals surface area contributed by atoms with Crippen LogP contribution in [-0.2, 0) is 4.79 Å². The topological polar surface area (TPSA) is 49.4 Å². The number of benzene rings is 1. The molecule has 4 nitrogen and oxygen atoms in total. The number of nitrogens with zero attached hydrogens (tertiary/aromatic N) is 1. The van der Waals surface area contributed by atoms with Gasteiger partial charge in [0, 0.05) is 30.2 Å². The van der Waals surface area contributed by atoms with E-state index in [1.807, 2.05) is 4.90 Å². The molecule has 1 fully saturated rings. The summed E-state index contributed by atoms with van der Waals surface area (Å²) in [5, 5.41) is 3.88. The fourth-order valence-corrected chi connectivity index (χ4v) is 3.07. The third-order valence-electron chi connectivity index (χ3n) is 3.32. The van der Waals surface area contributed by atoms with E-state index >= 15 is 0 Å². The van der Waals surface area contributed by atoms with Crippen molar-refractivity contribution in [2.45, 2.75) is 6.42 Å². The number of thioether (sulfide) groups is 1. The Morgan fingerprint density at radius 2 is 1.90 bits per heavy atom. The van der Waals surface area contributed by atoms with Crippen LogP contribution in [0.25, 0.3) is 0 Å². The van der Waals surface area contributed by atoms with Crippen LogP contribution in [0.15, 0.2) is 24.3 Å². The lowest BCUT2D eigenvalue weighted by Gasteiger charge is -2.19. The minimum Gasteiger partial charge on any atom is -0.341 e. The Labute approximate surface area is 134 Å². The third kappa shape index (κ3) is 5.34. The molecule has 0 bridgehead atoms. The highest BCUT2D eigenvalue weighted by molar-refractivity contribution is 8.00. The van der Waals surface area contributed by atoms with E-state index in [9.17, 15) is 9.59 Å². The van der Waals surface area contributed by atoms with E-state index in [4.69, 9.17) is 11.6 Å². The highest BCUT2D eigenvalue weighted by Gasteiger charge is 2.15. The number of hydrogen-bond donors (Lipinski definition) is 1. The van der Waals surface area contributed by atoms with Gasteiger partial charge in [0.1, 0.15) is 0 Å². The summed E-state index contributed by atoms with van der Waals surface area (Å²) >= 11 is 7.16. The van der Waals surface area contributed by atoms with Crippen molar-refractivity contribution in [1.82, 2.24) is 10.2 Å². The van der Waals surface area contributed by atoms with E-state index in [1.165, 1.54) is 11.8 Å². The number of amides is 1. The summed E-state index contributed by atoms with van der Waals surface area (Å²) < 4.78 is 0. The molecule has 1 aliphatic heterocycles. The minimum absolute atomic E-state index is 0.0296. The molecule has 0 saturated carbocycles. The Morgan fingerprint density at radius 1 is 1.14 bits per heavy atom. The van der Waals surface area contributed by atoms with Crippen LogP contribution >= 0.6 is 23.4 Å². The molecule has 1 aliphatic rings. The molecular weight excluding hydrogens is 308 g/mol. The summed E-state index contributed by atoms with van der Waals surface area (Å²) in [6.45, 7) is 3.37. The van der Waals surface area contributed by atoms with Crippen molar-refractivity contribution in [1.29, 1.82) is 0 Å². The Balaban J connectivity index is 1.74. The van der Waals surface area contributed by atoms with Crippen LogP contribution in [0.1, 0.15) is 16.8 Å². The van der Waals surface area contributed by atoms with Crippen molar-refractivity contribution < 1.29 is 9.59 Å². The SMILES string of the molecule is O=C(CSCC(=O)N1CCCNCC1)c1ccc(Cl)cc1. The Morgan fingerprint density at radius 3 is 2.67 bits per heavy atom. The zero-order valence-electron chi connectivity index (χ0n) is 11.8. The van der Waals surface area contributed by atoms with Gasteiger partial charge in [-0.05, 0) is 37.2 Å². The molecule has 0 radical (unpaired) electrons. The maximum atomic E-state index is 12.1. The Hall–Kier alpha value is -1.04. The smallest absolute Gasteiger partial charge is 0.232 e. The average Bonchev–Trinajstić information content (AvgIpc) is 2.77. The predicted molar refractivity (Wildman–Crippen MR) is 87.2 cm³/mol. The first-order chi connectivity index (χ1) is 10.2. The molecule has 0 atom stereocenters. The Kier molecular flexibility index (Phi) is 6.54. The quantitative estimate of drug-likeness (QED) is 0.842. The van der Waals surface area contributed by atoms with Gasteiger partial charge in [-0.25, -0.2) is 0 Å². The summed E-state index contributed by atoms with van der Waals surface area (Å²) in [7, 11) is 0. The molecular formula is C15H19ClN2O2S. The van der Waals surface area contributed by atoms with E-state index < -0.39 is 0 Å². The first-order valence-electron chi connectivity index (χ1n) is 7.02. The van der Waals surface area contributed by atoms with Gasteiger partial charge in [-0.1, -0.05) is 11.6 Å². The molecule has 1 amide bonds. The monoisotopic (exact) mass is 326 g/mol. The zero-order chi connectivity index (χ0) is 15.1. The van der Waals surface area contributed by atoms with Gasteiger partial charge in [0.15, 0.2) is 5.78 Å². The third-order valence-corrected chi connectivity index (χ3v) is 4.49. The van der Waals surface area contributed by atoms with Gasteiger partial charge in [-0.15, -0.1) is 11.8 Å². The fourth-order valence-electron chi connectivity index (χ4n) is 2.14. The van der Waals surface area contributed by atoms with E-state index in [0.29, 0.717) is 22.1 Å². The number of carbonyl (C=O) groups excluding carboxylic acids is 2. The van der Waals surface area contributed by atoms with Crippen LogP contribution in [0.4, 0.5) is 0 Å². The second-order valence-corrected chi connectivity index (χ2v) is 6.33. The van der Waals surface area contributed by atoms with Gasteiger partial charge in [-0.2, -0.15) is 0 Å².